The van der Waals surface area contributed by atoms with Crippen LogP contribution in [-0.2, 0) is 0 Å². The Kier molecular flexibility index (Phi) is 4.63. The first-order valence-corrected chi connectivity index (χ1v) is 8.19. The molecule has 4 heteroatoms. The maximum atomic E-state index is 12.6. The summed E-state index contributed by atoms with van der Waals surface area (Å²) in [5.74, 6) is 1.18. The Morgan fingerprint density at radius 2 is 2.20 bits per heavy atom. The lowest BCUT2D eigenvalue weighted by Gasteiger charge is -2.37. The highest BCUT2D eigenvalue weighted by atomic mass is 32.2. The molecule has 0 saturated carbocycles. The average Bonchev–Trinajstić information content (AvgIpc) is 2.39. The Bertz CT molecular complexity index is 499. The average molecular weight is 292 g/mol. The fourth-order valence-corrected chi connectivity index (χ4v) is 3.67. The predicted octanol–water partition coefficient (Wildman–Crippen LogP) is 3.39. The summed E-state index contributed by atoms with van der Waals surface area (Å²) in [5.41, 5.74) is 3.04. The molecule has 0 aliphatic carbocycles. The van der Waals surface area contributed by atoms with Gasteiger partial charge in [0.1, 0.15) is 0 Å². The zero-order chi connectivity index (χ0) is 14.8. The zero-order valence-corrected chi connectivity index (χ0v) is 13.6. The monoisotopic (exact) mass is 292 g/mol. The van der Waals surface area contributed by atoms with Crippen LogP contribution in [0.1, 0.15) is 36.7 Å². The van der Waals surface area contributed by atoms with Crippen molar-refractivity contribution < 1.29 is 4.79 Å². The largest absolute Gasteiger partial charge is 0.385 e. The van der Waals surface area contributed by atoms with Crippen molar-refractivity contribution in [1.29, 1.82) is 0 Å². The van der Waals surface area contributed by atoms with Gasteiger partial charge in [-0.15, -0.1) is 0 Å². The first-order chi connectivity index (χ1) is 9.43. The van der Waals surface area contributed by atoms with Gasteiger partial charge >= 0.3 is 0 Å². The number of amides is 1. The molecule has 20 heavy (non-hydrogen) atoms. The summed E-state index contributed by atoms with van der Waals surface area (Å²) >= 11 is 1.95. The molecule has 0 radical (unpaired) electrons. The molecular formula is C16H24N2OS. The number of nitrogens with one attached hydrogen (secondary N) is 1. The number of hydrogen-bond donors (Lipinski definition) is 1. The summed E-state index contributed by atoms with van der Waals surface area (Å²) in [5, 5.41) is 3.31. The van der Waals surface area contributed by atoms with E-state index in [9.17, 15) is 4.79 Å². The van der Waals surface area contributed by atoms with Gasteiger partial charge in [-0.1, -0.05) is 0 Å². The van der Waals surface area contributed by atoms with Crippen LogP contribution in [0.4, 0.5) is 5.69 Å². The second kappa shape index (κ2) is 6.08. The number of nitrogens with zero attached hydrogens (tertiary/aromatic N) is 1. The van der Waals surface area contributed by atoms with Gasteiger partial charge in [0.15, 0.2) is 0 Å². The Morgan fingerprint density at radius 3 is 2.80 bits per heavy atom. The van der Waals surface area contributed by atoms with Crippen molar-refractivity contribution in [2.75, 3.05) is 30.7 Å². The number of hydrogen-bond acceptors (Lipinski definition) is 3. The highest BCUT2D eigenvalue weighted by molar-refractivity contribution is 8.00. The molecule has 1 N–H and O–H groups in total. The quantitative estimate of drug-likeness (QED) is 0.927. The minimum Gasteiger partial charge on any atom is -0.385 e. The van der Waals surface area contributed by atoms with Crippen molar-refractivity contribution in [3.63, 3.8) is 0 Å². The molecule has 0 spiro atoms. The minimum atomic E-state index is 0.157. The number of rotatable bonds is 3. The van der Waals surface area contributed by atoms with Gasteiger partial charge < -0.3 is 10.2 Å². The van der Waals surface area contributed by atoms with E-state index < -0.39 is 0 Å². The molecule has 0 atom stereocenters. The lowest BCUT2D eigenvalue weighted by Crippen LogP contribution is -2.46. The molecular weight excluding hydrogens is 268 g/mol. The van der Waals surface area contributed by atoms with E-state index in [-0.39, 0.29) is 10.7 Å². The fourth-order valence-electron chi connectivity index (χ4n) is 2.56. The SMILES string of the molecule is CCNc1ccc(C(=O)N2CCSC(C)(C)C2)cc1C. The van der Waals surface area contributed by atoms with Gasteiger partial charge in [0.05, 0.1) is 0 Å². The van der Waals surface area contributed by atoms with E-state index in [1.165, 1.54) is 0 Å². The van der Waals surface area contributed by atoms with Crippen molar-refractivity contribution in [2.24, 2.45) is 0 Å². The first kappa shape index (κ1) is 15.2. The topological polar surface area (TPSA) is 32.3 Å². The van der Waals surface area contributed by atoms with E-state index in [0.717, 1.165) is 42.2 Å². The Balaban J connectivity index is 2.15. The summed E-state index contributed by atoms with van der Waals surface area (Å²) in [6.07, 6.45) is 0. The van der Waals surface area contributed by atoms with Crippen LogP contribution in [0.15, 0.2) is 18.2 Å². The molecule has 2 rings (SSSR count). The van der Waals surface area contributed by atoms with Crippen LogP contribution in [0, 0.1) is 6.92 Å². The minimum absolute atomic E-state index is 0.157. The Labute approximate surface area is 126 Å². The van der Waals surface area contributed by atoms with E-state index in [4.69, 9.17) is 0 Å². The van der Waals surface area contributed by atoms with Crippen LogP contribution in [0.5, 0.6) is 0 Å². The summed E-state index contributed by atoms with van der Waals surface area (Å²) in [7, 11) is 0. The van der Waals surface area contributed by atoms with E-state index in [2.05, 4.69) is 26.1 Å². The van der Waals surface area contributed by atoms with Crippen LogP contribution >= 0.6 is 11.8 Å². The Hall–Kier alpha value is -1.16. The maximum absolute atomic E-state index is 12.6. The summed E-state index contributed by atoms with van der Waals surface area (Å²) in [6.45, 7) is 11.1. The zero-order valence-electron chi connectivity index (χ0n) is 12.8. The molecule has 1 aromatic rings. The smallest absolute Gasteiger partial charge is 0.253 e. The van der Waals surface area contributed by atoms with Crippen LogP contribution in [0.3, 0.4) is 0 Å². The molecule has 0 bridgehead atoms. The highest BCUT2D eigenvalue weighted by Crippen LogP contribution is 2.30. The normalized spacial score (nSPS) is 17.9. The molecule has 1 heterocycles. The number of benzene rings is 1. The molecule has 110 valence electrons. The molecule has 3 nitrogen and oxygen atoms in total. The third-order valence-electron chi connectivity index (χ3n) is 3.55. The van der Waals surface area contributed by atoms with Crippen molar-refractivity contribution in [3.8, 4) is 0 Å². The van der Waals surface area contributed by atoms with Gasteiger partial charge in [-0.25, -0.2) is 0 Å². The summed E-state index contributed by atoms with van der Waals surface area (Å²) < 4.78 is 0.159. The third-order valence-corrected chi connectivity index (χ3v) is 4.85. The van der Waals surface area contributed by atoms with Gasteiger partial charge in [0, 0.05) is 41.4 Å². The second-order valence-electron chi connectivity index (χ2n) is 5.89. The molecule has 1 amide bonds. The lowest BCUT2D eigenvalue weighted by molar-refractivity contribution is 0.0748. The molecule has 1 aromatic carbocycles. The molecule has 1 aliphatic heterocycles. The standard InChI is InChI=1S/C16H24N2OS/c1-5-17-14-7-6-13(10-12(14)2)15(19)18-8-9-20-16(3,4)11-18/h6-7,10,17H,5,8-9,11H2,1-4H3. The Morgan fingerprint density at radius 1 is 1.45 bits per heavy atom. The number of carbonyl (C=O) groups excluding carboxylic acids is 1. The van der Waals surface area contributed by atoms with Gasteiger partial charge in [-0.2, -0.15) is 11.8 Å². The van der Waals surface area contributed by atoms with Crippen molar-refractivity contribution >= 4 is 23.4 Å². The van der Waals surface area contributed by atoms with E-state index in [0.29, 0.717) is 0 Å². The first-order valence-electron chi connectivity index (χ1n) is 7.21. The fraction of sp³-hybridized carbons (Fsp3) is 0.562. The van der Waals surface area contributed by atoms with E-state index >= 15 is 0 Å². The molecule has 0 unspecified atom stereocenters. The number of aryl methyl sites for hydroxylation is 1. The van der Waals surface area contributed by atoms with Crippen molar-refractivity contribution in [2.45, 2.75) is 32.4 Å². The second-order valence-corrected chi connectivity index (χ2v) is 7.70. The predicted molar refractivity (Wildman–Crippen MR) is 87.8 cm³/mol. The molecule has 0 aromatic heterocycles. The van der Waals surface area contributed by atoms with Crippen LogP contribution in [-0.4, -0.2) is 40.9 Å². The third kappa shape index (κ3) is 3.48. The molecule has 1 saturated heterocycles. The van der Waals surface area contributed by atoms with Gasteiger partial charge in [0.25, 0.3) is 5.91 Å². The van der Waals surface area contributed by atoms with Crippen LogP contribution < -0.4 is 5.32 Å². The van der Waals surface area contributed by atoms with E-state index in [1.807, 2.05) is 41.8 Å². The summed E-state index contributed by atoms with van der Waals surface area (Å²) in [4.78, 5) is 14.6. The maximum Gasteiger partial charge on any atom is 0.253 e. The van der Waals surface area contributed by atoms with Gasteiger partial charge in [0.2, 0.25) is 0 Å². The van der Waals surface area contributed by atoms with Crippen molar-refractivity contribution in [1.82, 2.24) is 4.90 Å². The summed E-state index contributed by atoms with van der Waals surface area (Å²) in [6, 6.07) is 5.94. The van der Waals surface area contributed by atoms with E-state index in [1.54, 1.807) is 0 Å². The van der Waals surface area contributed by atoms with Crippen molar-refractivity contribution in [3.05, 3.63) is 29.3 Å². The number of carbonyl (C=O) groups is 1. The molecule has 1 fully saturated rings. The van der Waals surface area contributed by atoms with Crippen LogP contribution in [0.2, 0.25) is 0 Å². The van der Waals surface area contributed by atoms with Gasteiger partial charge in [-0.3, -0.25) is 4.79 Å². The van der Waals surface area contributed by atoms with Gasteiger partial charge in [-0.05, 0) is 51.5 Å². The molecule has 1 aliphatic rings. The number of anilines is 1. The highest BCUT2D eigenvalue weighted by Gasteiger charge is 2.30. The number of thioether (sulfide) groups is 1. The van der Waals surface area contributed by atoms with Crippen LogP contribution in [0.25, 0.3) is 0 Å². The lowest BCUT2D eigenvalue weighted by atomic mass is 10.1.